The maximum absolute atomic E-state index is 6.24. The summed E-state index contributed by atoms with van der Waals surface area (Å²) in [5.74, 6) is 0. The van der Waals surface area contributed by atoms with Gasteiger partial charge in [0.15, 0.2) is 0 Å². The fraction of sp³-hybridized carbons (Fsp3) is 0.667. The van der Waals surface area contributed by atoms with Gasteiger partial charge < -0.3 is 15.8 Å². The van der Waals surface area contributed by atoms with Crippen molar-refractivity contribution in [1.82, 2.24) is 5.32 Å². The summed E-state index contributed by atoms with van der Waals surface area (Å²) in [6.45, 7) is 8.32. The van der Waals surface area contributed by atoms with Crippen molar-refractivity contribution >= 4 is 0 Å². The van der Waals surface area contributed by atoms with Gasteiger partial charge in [-0.15, -0.1) is 0 Å². The van der Waals surface area contributed by atoms with Crippen molar-refractivity contribution in [2.24, 2.45) is 11.1 Å². The van der Waals surface area contributed by atoms with Crippen molar-refractivity contribution in [3.63, 3.8) is 0 Å². The Labute approximate surface area is 129 Å². The van der Waals surface area contributed by atoms with Crippen LogP contribution in [-0.4, -0.2) is 31.3 Å². The lowest BCUT2D eigenvalue weighted by molar-refractivity contribution is -0.114. The van der Waals surface area contributed by atoms with E-state index in [2.05, 4.69) is 56.4 Å². The molecule has 0 radical (unpaired) electrons. The van der Waals surface area contributed by atoms with Gasteiger partial charge in [-0.25, -0.2) is 0 Å². The molecule has 21 heavy (non-hydrogen) atoms. The van der Waals surface area contributed by atoms with E-state index in [9.17, 15) is 0 Å². The molecule has 2 rings (SSSR count). The second-order valence-corrected chi connectivity index (χ2v) is 6.75. The van der Waals surface area contributed by atoms with Crippen LogP contribution in [0.4, 0.5) is 0 Å². The third-order valence-electron chi connectivity index (χ3n) is 4.82. The summed E-state index contributed by atoms with van der Waals surface area (Å²) in [5.41, 5.74) is 7.82. The zero-order valence-corrected chi connectivity index (χ0v) is 13.6. The molecule has 0 aromatic heterocycles. The molecule has 1 aromatic carbocycles. The Balaban J connectivity index is 1.67. The molecule has 3 N–H and O–H groups in total. The lowest BCUT2D eigenvalue weighted by Gasteiger charge is -2.52. The summed E-state index contributed by atoms with van der Waals surface area (Å²) in [6.07, 6.45) is 3.57. The molecule has 0 aliphatic heterocycles. The predicted octanol–water partition coefficient (Wildman–Crippen LogP) is 2.74. The van der Waals surface area contributed by atoms with E-state index in [1.165, 1.54) is 5.56 Å². The van der Waals surface area contributed by atoms with E-state index in [0.29, 0.717) is 12.1 Å². The zero-order chi connectivity index (χ0) is 15.3. The van der Waals surface area contributed by atoms with Gasteiger partial charge in [0.2, 0.25) is 0 Å². The molecule has 1 aromatic rings. The predicted molar refractivity (Wildman–Crippen MR) is 88.3 cm³/mol. The smallest absolute Gasteiger partial charge is 0.0655 e. The van der Waals surface area contributed by atoms with Gasteiger partial charge in [-0.2, -0.15) is 0 Å². The molecule has 3 unspecified atom stereocenters. The van der Waals surface area contributed by atoms with Gasteiger partial charge in [-0.1, -0.05) is 44.2 Å². The van der Waals surface area contributed by atoms with Gasteiger partial charge in [-0.05, 0) is 31.7 Å². The number of aryl methyl sites for hydroxylation is 1. The van der Waals surface area contributed by atoms with E-state index in [1.807, 2.05) is 0 Å². The Morgan fingerprint density at radius 2 is 2.05 bits per heavy atom. The fourth-order valence-corrected chi connectivity index (χ4v) is 3.11. The Morgan fingerprint density at radius 1 is 1.33 bits per heavy atom. The number of nitrogens with two attached hydrogens (primary N) is 1. The van der Waals surface area contributed by atoms with Crippen LogP contribution >= 0.6 is 0 Å². The molecule has 0 spiro atoms. The maximum Gasteiger partial charge on any atom is 0.0655 e. The highest BCUT2D eigenvalue weighted by Gasteiger charge is 2.48. The van der Waals surface area contributed by atoms with Gasteiger partial charge in [0.25, 0.3) is 0 Å². The average Bonchev–Trinajstić information content (AvgIpc) is 2.49. The number of hydrogen-bond donors (Lipinski definition) is 2. The minimum absolute atomic E-state index is 0.215. The summed E-state index contributed by atoms with van der Waals surface area (Å²) in [6, 6.07) is 11.3. The van der Waals surface area contributed by atoms with E-state index in [4.69, 9.17) is 10.5 Å². The number of nitrogens with one attached hydrogen (secondary N) is 1. The molecule has 0 heterocycles. The van der Waals surface area contributed by atoms with E-state index in [-0.39, 0.29) is 11.5 Å². The molecule has 118 valence electrons. The summed E-state index contributed by atoms with van der Waals surface area (Å²) in [7, 11) is 0. The number of benzene rings is 1. The third-order valence-corrected chi connectivity index (χ3v) is 4.82. The van der Waals surface area contributed by atoms with Crippen molar-refractivity contribution < 1.29 is 4.74 Å². The summed E-state index contributed by atoms with van der Waals surface area (Å²) in [4.78, 5) is 0. The van der Waals surface area contributed by atoms with Crippen LogP contribution in [0.2, 0.25) is 0 Å². The van der Waals surface area contributed by atoms with Gasteiger partial charge >= 0.3 is 0 Å². The first-order chi connectivity index (χ1) is 10.0. The Hall–Kier alpha value is -0.900. The second kappa shape index (κ2) is 7.39. The summed E-state index contributed by atoms with van der Waals surface area (Å²) >= 11 is 0. The van der Waals surface area contributed by atoms with E-state index in [0.717, 1.165) is 32.4 Å². The average molecular weight is 290 g/mol. The minimum atomic E-state index is 0.215. The van der Waals surface area contributed by atoms with Crippen LogP contribution < -0.4 is 11.1 Å². The summed E-state index contributed by atoms with van der Waals surface area (Å²) in [5, 5.41) is 3.63. The van der Waals surface area contributed by atoms with Crippen molar-refractivity contribution in [3.8, 4) is 0 Å². The molecule has 0 saturated heterocycles. The summed E-state index contributed by atoms with van der Waals surface area (Å²) < 4.78 is 5.76. The van der Waals surface area contributed by atoms with Gasteiger partial charge in [0, 0.05) is 30.7 Å². The first-order valence-electron chi connectivity index (χ1n) is 8.18. The largest absolute Gasteiger partial charge is 0.378 e. The minimum Gasteiger partial charge on any atom is -0.378 e. The highest BCUT2D eigenvalue weighted by molar-refractivity contribution is 5.14. The molecule has 3 nitrogen and oxygen atoms in total. The molecule has 1 saturated carbocycles. The Morgan fingerprint density at radius 3 is 2.67 bits per heavy atom. The van der Waals surface area contributed by atoms with E-state index in [1.54, 1.807) is 0 Å². The third kappa shape index (κ3) is 4.29. The van der Waals surface area contributed by atoms with E-state index < -0.39 is 0 Å². The SMILES string of the molecule is CCOC1CC(NCC(N)CCc2ccccc2)C1(C)C. The first kappa shape index (κ1) is 16.5. The topological polar surface area (TPSA) is 47.3 Å². The van der Waals surface area contributed by atoms with Crippen molar-refractivity contribution in [2.75, 3.05) is 13.2 Å². The second-order valence-electron chi connectivity index (χ2n) is 6.75. The van der Waals surface area contributed by atoms with Gasteiger partial charge in [0.1, 0.15) is 0 Å². The lowest BCUT2D eigenvalue weighted by Crippen LogP contribution is -2.62. The maximum atomic E-state index is 6.24. The number of ether oxygens (including phenoxy) is 1. The molecule has 3 atom stereocenters. The van der Waals surface area contributed by atoms with Gasteiger partial charge in [-0.3, -0.25) is 0 Å². The molecule has 1 fully saturated rings. The van der Waals surface area contributed by atoms with Crippen LogP contribution in [0.25, 0.3) is 0 Å². The van der Waals surface area contributed by atoms with Crippen LogP contribution in [-0.2, 0) is 11.2 Å². The molecule has 3 heteroatoms. The quantitative estimate of drug-likeness (QED) is 0.774. The van der Waals surface area contributed by atoms with Crippen LogP contribution in [0, 0.1) is 5.41 Å². The normalized spacial score (nSPS) is 25.3. The molecule has 1 aliphatic rings. The van der Waals surface area contributed by atoms with Crippen molar-refractivity contribution in [2.45, 2.75) is 58.2 Å². The lowest BCUT2D eigenvalue weighted by atomic mass is 9.64. The highest BCUT2D eigenvalue weighted by Crippen LogP contribution is 2.42. The molecular formula is C18H30N2O. The van der Waals surface area contributed by atoms with Crippen molar-refractivity contribution in [3.05, 3.63) is 35.9 Å². The van der Waals surface area contributed by atoms with Crippen LogP contribution in [0.15, 0.2) is 30.3 Å². The Kier molecular flexibility index (Phi) is 5.80. The standard InChI is InChI=1S/C18H30N2O/c1-4-21-17-12-16(18(17,2)3)20-13-15(19)11-10-14-8-6-5-7-9-14/h5-9,15-17,20H,4,10-13,19H2,1-3H3. The van der Waals surface area contributed by atoms with Crippen LogP contribution in [0.3, 0.4) is 0 Å². The zero-order valence-electron chi connectivity index (χ0n) is 13.6. The van der Waals surface area contributed by atoms with E-state index >= 15 is 0 Å². The van der Waals surface area contributed by atoms with Crippen LogP contribution in [0.1, 0.15) is 39.2 Å². The fourth-order valence-electron chi connectivity index (χ4n) is 3.11. The van der Waals surface area contributed by atoms with Crippen LogP contribution in [0.5, 0.6) is 0 Å². The molecule has 0 amide bonds. The number of hydrogen-bond acceptors (Lipinski definition) is 3. The molecule has 0 bridgehead atoms. The number of rotatable bonds is 8. The van der Waals surface area contributed by atoms with Crippen molar-refractivity contribution in [1.29, 1.82) is 0 Å². The highest BCUT2D eigenvalue weighted by atomic mass is 16.5. The molecular weight excluding hydrogens is 260 g/mol. The van der Waals surface area contributed by atoms with Gasteiger partial charge in [0.05, 0.1) is 6.10 Å². The monoisotopic (exact) mass is 290 g/mol. The Bertz CT molecular complexity index is 418. The first-order valence-corrected chi connectivity index (χ1v) is 8.18. The molecule has 1 aliphatic carbocycles.